The van der Waals surface area contributed by atoms with Gasteiger partial charge in [-0.25, -0.2) is 14.8 Å². The van der Waals surface area contributed by atoms with Crippen molar-refractivity contribution >= 4 is 34.4 Å². The number of nitrogens with zero attached hydrogens (tertiary/aromatic N) is 6. The quantitative estimate of drug-likeness (QED) is 0.652. The van der Waals surface area contributed by atoms with E-state index in [1.54, 1.807) is 23.4 Å². The molecule has 10 nitrogen and oxygen atoms in total. The molecule has 29 heavy (non-hydrogen) atoms. The molecule has 0 atom stereocenters. The first kappa shape index (κ1) is 19.2. The summed E-state index contributed by atoms with van der Waals surface area (Å²) < 4.78 is 5.32. The van der Waals surface area contributed by atoms with Crippen molar-refractivity contribution in [3.8, 4) is 0 Å². The summed E-state index contributed by atoms with van der Waals surface area (Å²) in [7, 11) is 0. The predicted molar refractivity (Wildman–Crippen MR) is 110 cm³/mol. The van der Waals surface area contributed by atoms with E-state index in [0.29, 0.717) is 43.5 Å². The first-order chi connectivity index (χ1) is 14.1. The van der Waals surface area contributed by atoms with Gasteiger partial charge in [0.05, 0.1) is 5.52 Å². The van der Waals surface area contributed by atoms with Crippen molar-refractivity contribution in [2.24, 2.45) is 0 Å². The Morgan fingerprint density at radius 3 is 2.59 bits per heavy atom. The van der Waals surface area contributed by atoms with Gasteiger partial charge in [0.25, 0.3) is 11.5 Å². The van der Waals surface area contributed by atoms with Gasteiger partial charge >= 0.3 is 5.69 Å². The zero-order chi connectivity index (χ0) is 20.4. The van der Waals surface area contributed by atoms with Crippen LogP contribution in [0.1, 0.15) is 29.4 Å². The maximum atomic E-state index is 13.0. The number of unbranched alkanes of at least 4 members (excludes halogenated alkanes) is 1. The van der Waals surface area contributed by atoms with Crippen molar-refractivity contribution in [1.82, 2.24) is 28.8 Å². The monoisotopic (exact) mass is 415 g/mol. The maximum absolute atomic E-state index is 13.0. The SMILES string of the molecule is CCCCn1c(=O)[nH]c2c(C(=O)N3CCN(c4ncccn4)CC3)snc2c1=O. The van der Waals surface area contributed by atoms with E-state index >= 15 is 0 Å². The van der Waals surface area contributed by atoms with Gasteiger partial charge in [-0.1, -0.05) is 13.3 Å². The Kier molecular flexibility index (Phi) is 5.38. The predicted octanol–water partition coefficient (Wildman–Crippen LogP) is 0.699. The molecule has 1 aliphatic heterocycles. The van der Waals surface area contributed by atoms with E-state index in [0.717, 1.165) is 28.9 Å². The molecule has 11 heteroatoms. The molecule has 0 bridgehead atoms. The normalized spacial score (nSPS) is 14.5. The smallest absolute Gasteiger partial charge is 0.328 e. The van der Waals surface area contributed by atoms with Crippen LogP contribution < -0.4 is 16.1 Å². The van der Waals surface area contributed by atoms with Crippen LogP contribution >= 0.6 is 11.5 Å². The van der Waals surface area contributed by atoms with Crippen LogP contribution in [0.15, 0.2) is 28.0 Å². The Balaban J connectivity index is 1.55. The Labute approximate surface area is 170 Å². The number of carbonyl (C=O) groups excluding carboxylic acids is 1. The molecule has 3 aromatic heterocycles. The summed E-state index contributed by atoms with van der Waals surface area (Å²) in [5.41, 5.74) is -0.572. The standard InChI is InChI=1S/C18H21N7O3S/c1-2-3-7-25-15(26)13-12(21-18(25)28)14(29-22-13)16(27)23-8-10-24(11-9-23)17-19-5-4-6-20-17/h4-6H,2-3,7-11H2,1H3,(H,21,28). The van der Waals surface area contributed by atoms with Crippen molar-refractivity contribution in [3.63, 3.8) is 0 Å². The number of aromatic amines is 1. The van der Waals surface area contributed by atoms with Crippen LogP contribution in [0.25, 0.3) is 11.0 Å². The maximum Gasteiger partial charge on any atom is 0.328 e. The zero-order valence-electron chi connectivity index (χ0n) is 16.0. The largest absolute Gasteiger partial charge is 0.337 e. The Morgan fingerprint density at radius 1 is 1.17 bits per heavy atom. The number of hydrogen-bond acceptors (Lipinski definition) is 8. The molecule has 0 aromatic carbocycles. The lowest BCUT2D eigenvalue weighted by Crippen LogP contribution is -2.49. The summed E-state index contributed by atoms with van der Waals surface area (Å²) in [5.74, 6) is 0.410. The van der Waals surface area contributed by atoms with Gasteiger partial charge in [0.15, 0.2) is 5.52 Å². The molecular weight excluding hydrogens is 394 g/mol. The van der Waals surface area contributed by atoms with Gasteiger partial charge in [-0.05, 0) is 24.0 Å². The minimum Gasteiger partial charge on any atom is -0.337 e. The summed E-state index contributed by atoms with van der Waals surface area (Å²) in [6.45, 7) is 4.52. The van der Waals surface area contributed by atoms with E-state index in [4.69, 9.17) is 0 Å². The van der Waals surface area contributed by atoms with Crippen molar-refractivity contribution in [3.05, 3.63) is 44.2 Å². The number of carbonyl (C=O) groups is 1. The minimum absolute atomic E-state index is 0.144. The van der Waals surface area contributed by atoms with Crippen LogP contribution in [-0.2, 0) is 6.54 Å². The van der Waals surface area contributed by atoms with Crippen molar-refractivity contribution in [1.29, 1.82) is 0 Å². The third kappa shape index (κ3) is 3.65. The van der Waals surface area contributed by atoms with Gasteiger partial charge in [-0.3, -0.25) is 14.2 Å². The molecule has 1 fully saturated rings. The average molecular weight is 415 g/mol. The Bertz CT molecular complexity index is 1130. The number of piperazine rings is 1. The molecule has 0 unspecified atom stereocenters. The molecule has 4 rings (SSSR count). The molecule has 3 aromatic rings. The number of fused-ring (bicyclic) bond motifs is 1. The van der Waals surface area contributed by atoms with Crippen LogP contribution in [0.2, 0.25) is 0 Å². The fourth-order valence-electron chi connectivity index (χ4n) is 3.32. The molecule has 152 valence electrons. The number of rotatable bonds is 5. The first-order valence-corrected chi connectivity index (χ1v) is 10.3. The van der Waals surface area contributed by atoms with Gasteiger partial charge in [0.1, 0.15) is 4.88 Å². The number of anilines is 1. The number of hydrogen-bond donors (Lipinski definition) is 1. The lowest BCUT2D eigenvalue weighted by molar-refractivity contribution is 0.0752. The summed E-state index contributed by atoms with van der Waals surface area (Å²) in [6.07, 6.45) is 4.96. The van der Waals surface area contributed by atoms with E-state index in [9.17, 15) is 14.4 Å². The number of H-pyrrole nitrogens is 1. The second kappa shape index (κ2) is 8.11. The van der Waals surface area contributed by atoms with Gasteiger partial charge in [0, 0.05) is 45.1 Å². The van der Waals surface area contributed by atoms with E-state index in [1.807, 2.05) is 11.8 Å². The first-order valence-electron chi connectivity index (χ1n) is 9.54. The van der Waals surface area contributed by atoms with Crippen LogP contribution in [0.5, 0.6) is 0 Å². The molecule has 1 N–H and O–H groups in total. The highest BCUT2D eigenvalue weighted by atomic mass is 32.1. The molecule has 1 aliphatic rings. The summed E-state index contributed by atoms with van der Waals surface area (Å²) in [5, 5.41) is 0. The van der Waals surface area contributed by atoms with Crippen molar-refractivity contribution < 1.29 is 4.79 Å². The zero-order valence-corrected chi connectivity index (χ0v) is 16.8. The fraction of sp³-hybridized carbons (Fsp3) is 0.444. The molecule has 0 radical (unpaired) electrons. The van der Waals surface area contributed by atoms with Crippen molar-refractivity contribution in [2.75, 3.05) is 31.1 Å². The van der Waals surface area contributed by atoms with Crippen LogP contribution in [-0.4, -0.2) is 60.9 Å². The molecule has 0 saturated carbocycles. The third-order valence-corrected chi connectivity index (χ3v) is 5.78. The molecule has 4 heterocycles. The van der Waals surface area contributed by atoms with E-state index in [2.05, 4.69) is 19.3 Å². The second-order valence-corrected chi connectivity index (χ2v) is 7.58. The second-order valence-electron chi connectivity index (χ2n) is 6.80. The highest BCUT2D eigenvalue weighted by Crippen LogP contribution is 2.20. The van der Waals surface area contributed by atoms with Gasteiger partial charge in [0.2, 0.25) is 5.95 Å². The molecule has 1 saturated heterocycles. The molecular formula is C18H21N7O3S. The number of aromatic nitrogens is 5. The van der Waals surface area contributed by atoms with E-state index in [-0.39, 0.29) is 16.9 Å². The molecule has 0 spiro atoms. The lowest BCUT2D eigenvalue weighted by atomic mass is 10.2. The van der Waals surface area contributed by atoms with Crippen LogP contribution in [0.4, 0.5) is 5.95 Å². The average Bonchev–Trinajstić information content (AvgIpc) is 3.18. The third-order valence-electron chi connectivity index (χ3n) is 4.95. The molecule has 1 amide bonds. The number of nitrogens with one attached hydrogen (secondary N) is 1. The Morgan fingerprint density at radius 2 is 1.90 bits per heavy atom. The van der Waals surface area contributed by atoms with Gasteiger partial charge in [-0.15, -0.1) is 0 Å². The fourth-order valence-corrected chi connectivity index (χ4v) is 4.12. The summed E-state index contributed by atoms with van der Waals surface area (Å²) >= 11 is 0.954. The minimum atomic E-state index is -0.503. The van der Waals surface area contributed by atoms with Crippen LogP contribution in [0, 0.1) is 0 Å². The van der Waals surface area contributed by atoms with Gasteiger partial charge in [-0.2, -0.15) is 4.37 Å². The summed E-state index contributed by atoms with van der Waals surface area (Å²) in [6, 6.07) is 1.76. The summed E-state index contributed by atoms with van der Waals surface area (Å²) in [4.78, 5) is 53.1. The highest BCUT2D eigenvalue weighted by molar-refractivity contribution is 7.09. The lowest BCUT2D eigenvalue weighted by Gasteiger charge is -2.34. The molecule has 0 aliphatic carbocycles. The number of amides is 1. The van der Waals surface area contributed by atoms with Crippen LogP contribution in [0.3, 0.4) is 0 Å². The van der Waals surface area contributed by atoms with Crippen molar-refractivity contribution in [2.45, 2.75) is 26.3 Å². The highest BCUT2D eigenvalue weighted by Gasteiger charge is 2.27. The van der Waals surface area contributed by atoms with Gasteiger partial charge < -0.3 is 14.8 Å². The topological polar surface area (TPSA) is 117 Å². The van der Waals surface area contributed by atoms with E-state index in [1.165, 1.54) is 0 Å². The van der Waals surface area contributed by atoms with E-state index < -0.39 is 11.2 Å². The Hall–Kier alpha value is -3.08.